The van der Waals surface area contributed by atoms with Gasteiger partial charge in [-0.1, -0.05) is 0 Å². The summed E-state index contributed by atoms with van der Waals surface area (Å²) >= 11 is 4.81. The Balaban J connectivity index is 2.93. The maximum Gasteiger partial charge on any atom is 0.0751 e. The minimum atomic E-state index is 1.06. The van der Waals surface area contributed by atoms with Crippen LogP contribution in [0, 0.1) is 55.4 Å². The van der Waals surface area contributed by atoms with E-state index in [1.807, 2.05) is 0 Å². The van der Waals surface area contributed by atoms with E-state index < -0.39 is 0 Å². The molecule has 0 saturated heterocycles. The second-order valence-electron chi connectivity index (χ2n) is 6.14. The molecule has 1 aromatic heterocycles. The van der Waals surface area contributed by atoms with Crippen LogP contribution in [0.25, 0.3) is 11.3 Å². The van der Waals surface area contributed by atoms with E-state index in [1.54, 1.807) is 0 Å². The first-order valence-corrected chi connectivity index (χ1v) is 7.87. The first-order valence-electron chi connectivity index (χ1n) is 7.42. The molecule has 0 bridgehead atoms. The summed E-state index contributed by atoms with van der Waals surface area (Å²) in [6.07, 6.45) is 0. The lowest BCUT2D eigenvalue weighted by molar-refractivity contribution is 1.07. The van der Waals surface area contributed by atoms with Gasteiger partial charge in [0.05, 0.1) is 5.69 Å². The fraction of sp³-hybridized carbons (Fsp3) is 0.421. The molecule has 2 rings (SSSR count). The molecule has 0 unspecified atom stereocenters. The highest BCUT2D eigenvalue weighted by molar-refractivity contribution is 7.80. The van der Waals surface area contributed by atoms with Gasteiger partial charge in [-0.3, -0.25) is 4.98 Å². The van der Waals surface area contributed by atoms with E-state index in [0.717, 1.165) is 16.3 Å². The maximum atomic E-state index is 4.89. The third-order valence-electron chi connectivity index (χ3n) is 5.19. The summed E-state index contributed by atoms with van der Waals surface area (Å²) in [4.78, 5) is 5.95. The Kier molecular flexibility index (Phi) is 4.21. The van der Waals surface area contributed by atoms with Crippen molar-refractivity contribution >= 4 is 12.6 Å². The van der Waals surface area contributed by atoms with Gasteiger partial charge in [0.25, 0.3) is 0 Å². The molecule has 0 aliphatic carbocycles. The first kappa shape index (κ1) is 16.1. The molecule has 1 nitrogen and oxygen atoms in total. The van der Waals surface area contributed by atoms with Gasteiger partial charge in [0.15, 0.2) is 0 Å². The number of thiol groups is 1. The number of aromatic nitrogens is 1. The molecule has 0 amide bonds. The van der Waals surface area contributed by atoms with Gasteiger partial charge in [-0.25, -0.2) is 0 Å². The number of pyridine rings is 1. The van der Waals surface area contributed by atoms with Crippen LogP contribution in [0.2, 0.25) is 0 Å². The fourth-order valence-electron chi connectivity index (χ4n) is 2.89. The molecule has 0 N–H and O–H groups in total. The SMILES string of the molecule is Cc1nc(-c2c(C)c(C)c(C)c(C)c2S)c(C)c(C)c1C. The van der Waals surface area contributed by atoms with E-state index in [0.29, 0.717) is 0 Å². The van der Waals surface area contributed by atoms with Gasteiger partial charge >= 0.3 is 0 Å². The third kappa shape index (κ3) is 2.40. The fourth-order valence-corrected chi connectivity index (χ4v) is 3.33. The summed E-state index contributed by atoms with van der Waals surface area (Å²) < 4.78 is 0. The van der Waals surface area contributed by atoms with Crippen LogP contribution in [0.5, 0.6) is 0 Å². The molecule has 1 heterocycles. The van der Waals surface area contributed by atoms with Crippen LogP contribution < -0.4 is 0 Å². The molecule has 0 aliphatic rings. The molecule has 0 aliphatic heterocycles. The molecule has 1 aromatic carbocycles. The van der Waals surface area contributed by atoms with E-state index in [4.69, 9.17) is 17.6 Å². The number of nitrogens with zero attached hydrogens (tertiary/aromatic N) is 1. The highest BCUT2D eigenvalue weighted by Crippen LogP contribution is 2.38. The molecule has 0 spiro atoms. The number of aryl methyl sites for hydroxylation is 1. The highest BCUT2D eigenvalue weighted by Gasteiger charge is 2.19. The summed E-state index contributed by atoms with van der Waals surface area (Å²) in [5.41, 5.74) is 12.5. The average molecular weight is 299 g/mol. The molecule has 21 heavy (non-hydrogen) atoms. The predicted octanol–water partition coefficient (Wildman–Crippen LogP) is 5.50. The minimum absolute atomic E-state index is 1.06. The lowest BCUT2D eigenvalue weighted by Crippen LogP contribution is -2.04. The molecule has 2 aromatic rings. The number of benzene rings is 1. The van der Waals surface area contributed by atoms with Crippen LogP contribution >= 0.6 is 12.6 Å². The van der Waals surface area contributed by atoms with Crippen LogP contribution in [0.4, 0.5) is 0 Å². The van der Waals surface area contributed by atoms with Gasteiger partial charge < -0.3 is 0 Å². The van der Waals surface area contributed by atoms with Gasteiger partial charge in [0.1, 0.15) is 0 Å². The average Bonchev–Trinajstić information content (AvgIpc) is 2.46. The van der Waals surface area contributed by atoms with Crippen LogP contribution in [-0.2, 0) is 0 Å². The van der Waals surface area contributed by atoms with Crippen molar-refractivity contribution in [2.24, 2.45) is 0 Å². The van der Waals surface area contributed by atoms with Gasteiger partial charge in [0, 0.05) is 16.2 Å². The maximum absolute atomic E-state index is 4.89. The molecule has 0 fully saturated rings. The van der Waals surface area contributed by atoms with Crippen LogP contribution in [0.15, 0.2) is 4.90 Å². The Morgan fingerprint density at radius 2 is 1.05 bits per heavy atom. The van der Waals surface area contributed by atoms with Crippen molar-refractivity contribution in [1.29, 1.82) is 0 Å². The summed E-state index contributed by atoms with van der Waals surface area (Å²) in [6.45, 7) is 17.3. The number of hydrogen-bond donors (Lipinski definition) is 1. The van der Waals surface area contributed by atoms with Gasteiger partial charge in [-0.05, 0) is 94.3 Å². The zero-order chi connectivity index (χ0) is 16.1. The molecular weight excluding hydrogens is 274 g/mol. The molecule has 0 radical (unpaired) electrons. The Bertz CT molecular complexity index is 713. The third-order valence-corrected chi connectivity index (χ3v) is 5.75. The lowest BCUT2D eigenvalue weighted by atomic mass is 9.89. The first-order chi connectivity index (χ1) is 9.68. The topological polar surface area (TPSA) is 12.9 Å². The molecular formula is C19H25NS. The summed E-state index contributed by atoms with van der Waals surface area (Å²) in [5, 5.41) is 0. The summed E-state index contributed by atoms with van der Waals surface area (Å²) in [5.74, 6) is 0. The van der Waals surface area contributed by atoms with Crippen molar-refractivity contribution in [3.8, 4) is 11.3 Å². The zero-order valence-electron chi connectivity index (χ0n) is 14.4. The number of rotatable bonds is 1. The van der Waals surface area contributed by atoms with Crippen molar-refractivity contribution in [1.82, 2.24) is 4.98 Å². The van der Waals surface area contributed by atoms with Crippen molar-refractivity contribution in [3.05, 3.63) is 44.6 Å². The predicted molar refractivity (Wildman–Crippen MR) is 94.8 cm³/mol. The zero-order valence-corrected chi connectivity index (χ0v) is 15.3. The van der Waals surface area contributed by atoms with Crippen molar-refractivity contribution in [3.63, 3.8) is 0 Å². The Labute approximate surface area is 134 Å². The number of hydrogen-bond acceptors (Lipinski definition) is 2. The van der Waals surface area contributed by atoms with E-state index >= 15 is 0 Å². The van der Waals surface area contributed by atoms with Crippen LogP contribution in [0.1, 0.15) is 44.6 Å². The second-order valence-corrected chi connectivity index (χ2v) is 6.59. The minimum Gasteiger partial charge on any atom is -0.253 e. The van der Waals surface area contributed by atoms with E-state index in [2.05, 4.69) is 55.4 Å². The highest BCUT2D eigenvalue weighted by atomic mass is 32.1. The van der Waals surface area contributed by atoms with Crippen LogP contribution in [-0.4, -0.2) is 4.98 Å². The van der Waals surface area contributed by atoms with Crippen molar-refractivity contribution in [2.45, 2.75) is 60.3 Å². The van der Waals surface area contributed by atoms with E-state index in [-0.39, 0.29) is 0 Å². The standard InChI is InChI=1S/C19H25NS/c1-9-10(2)15(7)19(21)17(13(9)5)18-14(6)11(3)12(4)16(8)20-18/h21H,1-8H3. The van der Waals surface area contributed by atoms with Gasteiger partial charge in [0.2, 0.25) is 0 Å². The summed E-state index contributed by atoms with van der Waals surface area (Å²) in [7, 11) is 0. The normalized spacial score (nSPS) is 11.1. The second kappa shape index (κ2) is 5.49. The Hall–Kier alpha value is -1.28. The van der Waals surface area contributed by atoms with E-state index in [9.17, 15) is 0 Å². The quantitative estimate of drug-likeness (QED) is 0.686. The van der Waals surface area contributed by atoms with Crippen molar-refractivity contribution < 1.29 is 0 Å². The Morgan fingerprint density at radius 3 is 1.62 bits per heavy atom. The monoisotopic (exact) mass is 299 g/mol. The van der Waals surface area contributed by atoms with Crippen molar-refractivity contribution in [2.75, 3.05) is 0 Å². The van der Waals surface area contributed by atoms with Gasteiger partial charge in [-0.2, -0.15) is 0 Å². The molecule has 2 heteroatoms. The van der Waals surface area contributed by atoms with Crippen LogP contribution in [0.3, 0.4) is 0 Å². The van der Waals surface area contributed by atoms with E-state index in [1.165, 1.54) is 44.5 Å². The molecule has 112 valence electrons. The molecule has 0 saturated carbocycles. The smallest absolute Gasteiger partial charge is 0.0751 e. The largest absolute Gasteiger partial charge is 0.253 e. The lowest BCUT2D eigenvalue weighted by Gasteiger charge is -2.21. The molecule has 0 atom stereocenters. The Morgan fingerprint density at radius 1 is 0.571 bits per heavy atom. The summed E-state index contributed by atoms with van der Waals surface area (Å²) in [6, 6.07) is 0. The van der Waals surface area contributed by atoms with Gasteiger partial charge in [-0.15, -0.1) is 12.6 Å².